The van der Waals surface area contributed by atoms with Gasteiger partial charge in [0.25, 0.3) is 11.5 Å². The van der Waals surface area contributed by atoms with Gasteiger partial charge in [0.05, 0.1) is 29.0 Å². The first-order chi connectivity index (χ1) is 12.9. The van der Waals surface area contributed by atoms with Gasteiger partial charge in [0.15, 0.2) is 0 Å². The highest BCUT2D eigenvalue weighted by atomic mass is 16.5. The summed E-state index contributed by atoms with van der Waals surface area (Å²) in [4.78, 5) is 27.9. The van der Waals surface area contributed by atoms with Crippen LogP contribution in [0.5, 0.6) is 0 Å². The number of ether oxygens (including phenoxy) is 1. The Labute approximate surface area is 157 Å². The van der Waals surface area contributed by atoms with Crippen molar-refractivity contribution in [3.63, 3.8) is 0 Å². The Hall–Kier alpha value is -2.93. The second kappa shape index (κ2) is 6.66. The predicted octanol–water partition coefficient (Wildman–Crippen LogP) is 1.93. The normalized spacial score (nSPS) is 20.2. The lowest BCUT2D eigenvalue weighted by molar-refractivity contribution is -0.0586. The van der Waals surface area contributed by atoms with E-state index >= 15 is 0 Å². The van der Waals surface area contributed by atoms with Gasteiger partial charge in [-0.05, 0) is 26.0 Å². The van der Waals surface area contributed by atoms with Crippen LogP contribution in [0.15, 0.2) is 47.5 Å². The first-order valence-corrected chi connectivity index (χ1v) is 9.03. The van der Waals surface area contributed by atoms with Crippen LogP contribution in [0.25, 0.3) is 16.9 Å². The van der Waals surface area contributed by atoms with Crippen LogP contribution in [0.1, 0.15) is 24.2 Å². The maximum Gasteiger partial charge on any atom is 0.282 e. The lowest BCUT2D eigenvalue weighted by Crippen LogP contribution is -2.48. The first kappa shape index (κ1) is 17.5. The number of benzene rings is 1. The molecule has 1 aromatic rings. The van der Waals surface area contributed by atoms with Gasteiger partial charge in [-0.15, -0.1) is 0 Å². The molecule has 4 rings (SSSR count). The summed E-state index contributed by atoms with van der Waals surface area (Å²) in [5.41, 5.74) is 1.74. The highest BCUT2D eigenvalue weighted by molar-refractivity contribution is 6.00. The second-order valence-electron chi connectivity index (χ2n) is 7.12. The van der Waals surface area contributed by atoms with E-state index in [0.717, 1.165) is 0 Å². The number of morpholine rings is 1. The third-order valence-corrected chi connectivity index (χ3v) is 4.74. The molecule has 27 heavy (non-hydrogen) atoms. The van der Waals surface area contributed by atoms with E-state index in [2.05, 4.69) is 5.10 Å². The Kier molecular flexibility index (Phi) is 4.31. The van der Waals surface area contributed by atoms with E-state index in [0.29, 0.717) is 35.6 Å². The lowest BCUT2D eigenvalue weighted by atomic mass is 10.1. The topological polar surface area (TPSA) is 69.4 Å². The maximum atomic E-state index is 13.2. The monoisotopic (exact) mass is 366 g/mol. The van der Waals surface area contributed by atoms with Crippen LogP contribution in [0, 0.1) is 0 Å². The smallest absolute Gasteiger partial charge is 0.282 e. The molecule has 140 valence electrons. The number of fused-ring (bicyclic) bond motifs is 1. The summed E-state index contributed by atoms with van der Waals surface area (Å²) in [5, 5.41) is 4.49. The molecule has 0 aliphatic carbocycles. The van der Waals surface area contributed by atoms with Crippen molar-refractivity contribution in [3.8, 4) is 16.9 Å². The molecular formula is C20H22N4O3. The molecule has 0 saturated carbocycles. The molecule has 3 aliphatic rings. The molecule has 0 radical (unpaired) electrons. The summed E-state index contributed by atoms with van der Waals surface area (Å²) in [7, 11) is 1.81. The zero-order valence-corrected chi connectivity index (χ0v) is 15.6. The molecule has 7 nitrogen and oxygen atoms in total. The second-order valence-corrected chi connectivity index (χ2v) is 7.12. The van der Waals surface area contributed by atoms with E-state index in [-0.39, 0.29) is 23.7 Å². The molecule has 0 spiro atoms. The van der Waals surface area contributed by atoms with Crippen molar-refractivity contribution in [2.24, 2.45) is 7.05 Å². The van der Waals surface area contributed by atoms with Gasteiger partial charge in [-0.3, -0.25) is 9.59 Å². The van der Waals surface area contributed by atoms with Crippen molar-refractivity contribution >= 4 is 5.91 Å². The van der Waals surface area contributed by atoms with Gasteiger partial charge in [0.2, 0.25) is 0 Å². The van der Waals surface area contributed by atoms with Gasteiger partial charge in [-0.25, -0.2) is 0 Å². The molecule has 1 amide bonds. The lowest BCUT2D eigenvalue weighted by Gasteiger charge is -2.35. The number of nitrogens with zero attached hydrogens (tertiary/aromatic N) is 4. The fraction of sp³-hybridized carbons (Fsp3) is 0.350. The standard InChI is InChI=1S/C20H22N4O3/c1-13-9-23(10-14(2)27-13)19(25)16-11-22(3)12-17-18(16)21-24(20(17)26)15-7-5-4-6-8-15/h4-8,11-14H,9-10H2,1-3H3/t13-,14-/m1/s1. The average Bonchev–Trinajstić information content (AvgIpc) is 2.97. The summed E-state index contributed by atoms with van der Waals surface area (Å²) < 4.78 is 8.82. The third kappa shape index (κ3) is 3.14. The van der Waals surface area contributed by atoms with Crippen molar-refractivity contribution in [1.82, 2.24) is 19.2 Å². The number of aryl methyl sites for hydroxylation is 1. The van der Waals surface area contributed by atoms with E-state index in [1.165, 1.54) is 4.68 Å². The van der Waals surface area contributed by atoms with Gasteiger partial charge in [-0.2, -0.15) is 9.78 Å². The van der Waals surface area contributed by atoms with Gasteiger partial charge in [0, 0.05) is 32.5 Å². The molecule has 1 saturated heterocycles. The van der Waals surface area contributed by atoms with Crippen LogP contribution in [-0.4, -0.2) is 50.5 Å². The molecule has 0 bridgehead atoms. The molecule has 0 N–H and O–H groups in total. The van der Waals surface area contributed by atoms with Gasteiger partial charge >= 0.3 is 0 Å². The quantitative estimate of drug-likeness (QED) is 0.695. The summed E-state index contributed by atoms with van der Waals surface area (Å²) in [5.74, 6) is -0.129. The van der Waals surface area contributed by atoms with Crippen LogP contribution in [0.2, 0.25) is 0 Å². The number of para-hydroxylation sites is 1. The Morgan fingerprint density at radius 3 is 2.44 bits per heavy atom. The van der Waals surface area contributed by atoms with Gasteiger partial charge < -0.3 is 14.2 Å². The number of hydrogen-bond acceptors (Lipinski definition) is 4. The number of hydrogen-bond donors (Lipinski definition) is 0. The minimum Gasteiger partial charge on any atom is -0.372 e. The molecule has 0 unspecified atom stereocenters. The highest BCUT2D eigenvalue weighted by Crippen LogP contribution is 2.24. The summed E-state index contributed by atoms with van der Waals surface area (Å²) in [6.45, 7) is 4.95. The van der Waals surface area contributed by atoms with Crippen LogP contribution in [-0.2, 0) is 11.8 Å². The third-order valence-electron chi connectivity index (χ3n) is 4.74. The van der Waals surface area contributed by atoms with Crippen molar-refractivity contribution < 1.29 is 9.53 Å². The highest BCUT2D eigenvalue weighted by Gasteiger charge is 2.31. The van der Waals surface area contributed by atoms with Crippen molar-refractivity contribution in [3.05, 3.63) is 58.6 Å². The minimum atomic E-state index is -0.231. The number of carbonyl (C=O) groups excluding carboxylic acids is 1. The summed E-state index contributed by atoms with van der Waals surface area (Å²) in [6.07, 6.45) is 3.40. The number of carbonyl (C=O) groups is 1. The Balaban J connectivity index is 1.81. The molecule has 1 aromatic carbocycles. The molecule has 3 aliphatic heterocycles. The Morgan fingerprint density at radius 1 is 1.11 bits per heavy atom. The molecule has 3 heterocycles. The molecular weight excluding hydrogens is 344 g/mol. The molecule has 1 fully saturated rings. The Bertz CT molecular complexity index is 998. The maximum absolute atomic E-state index is 13.2. The van der Waals surface area contributed by atoms with Crippen LogP contribution >= 0.6 is 0 Å². The number of amides is 1. The van der Waals surface area contributed by atoms with Crippen molar-refractivity contribution in [2.45, 2.75) is 26.1 Å². The number of aromatic nitrogens is 3. The predicted molar refractivity (Wildman–Crippen MR) is 101 cm³/mol. The number of rotatable bonds is 2. The van der Waals surface area contributed by atoms with E-state index in [1.54, 1.807) is 28.9 Å². The molecule has 0 aromatic heterocycles. The minimum absolute atomic E-state index is 0.0254. The Morgan fingerprint density at radius 2 is 1.78 bits per heavy atom. The molecule has 7 heteroatoms. The first-order valence-electron chi connectivity index (χ1n) is 9.03. The summed E-state index contributed by atoms with van der Waals surface area (Å²) >= 11 is 0. The molecule has 2 atom stereocenters. The van der Waals surface area contributed by atoms with Crippen LogP contribution in [0.3, 0.4) is 0 Å². The summed E-state index contributed by atoms with van der Waals surface area (Å²) in [6, 6.07) is 9.22. The average molecular weight is 366 g/mol. The van der Waals surface area contributed by atoms with E-state index in [9.17, 15) is 9.59 Å². The van der Waals surface area contributed by atoms with Crippen LogP contribution in [0.4, 0.5) is 0 Å². The van der Waals surface area contributed by atoms with Gasteiger partial charge in [0.1, 0.15) is 5.69 Å². The largest absolute Gasteiger partial charge is 0.372 e. The number of pyridine rings is 1. The zero-order chi connectivity index (χ0) is 19.1. The fourth-order valence-corrected chi connectivity index (χ4v) is 3.65. The fourth-order valence-electron chi connectivity index (χ4n) is 3.65. The van der Waals surface area contributed by atoms with E-state index < -0.39 is 0 Å². The zero-order valence-electron chi connectivity index (χ0n) is 15.6. The van der Waals surface area contributed by atoms with E-state index in [1.807, 2.05) is 44.2 Å². The van der Waals surface area contributed by atoms with Crippen molar-refractivity contribution in [1.29, 1.82) is 0 Å². The van der Waals surface area contributed by atoms with Gasteiger partial charge in [-0.1, -0.05) is 18.2 Å². The van der Waals surface area contributed by atoms with Crippen molar-refractivity contribution in [2.75, 3.05) is 13.1 Å². The van der Waals surface area contributed by atoms with E-state index in [4.69, 9.17) is 4.74 Å². The SMILES string of the molecule is C[C@@H]1CN(C(=O)c2cn(C)cc3c(=O)n(-c4ccccc4)nc2-3)C[C@@H](C)O1. The van der Waals surface area contributed by atoms with Crippen LogP contribution < -0.4 is 5.56 Å².